The second-order valence-electron chi connectivity index (χ2n) is 5.22. The van der Waals surface area contributed by atoms with E-state index in [4.69, 9.17) is 4.42 Å². The molecule has 8 heteroatoms. The molecule has 22 heavy (non-hydrogen) atoms. The Morgan fingerprint density at radius 3 is 2.95 bits per heavy atom. The minimum Gasteiger partial charge on any atom is -0.431 e. The number of hydrogen-bond acceptors (Lipinski definition) is 4. The summed E-state index contributed by atoms with van der Waals surface area (Å²) in [5.41, 5.74) is 2.32. The van der Waals surface area contributed by atoms with Crippen molar-refractivity contribution in [3.63, 3.8) is 0 Å². The van der Waals surface area contributed by atoms with Gasteiger partial charge in [-0.05, 0) is 31.0 Å². The van der Waals surface area contributed by atoms with Gasteiger partial charge >= 0.3 is 6.18 Å². The van der Waals surface area contributed by atoms with Crippen LogP contribution in [-0.4, -0.2) is 40.3 Å². The molecule has 1 aromatic carbocycles. The molecular formula is C14H13F3N2O2S. The Labute approximate surface area is 128 Å². The number of carbonyl (C=O) groups excluding carboxylic acids is 1. The Bertz CT molecular complexity index is 714. The maximum Gasteiger partial charge on any atom is 0.406 e. The largest absolute Gasteiger partial charge is 0.431 e. The fraction of sp³-hybridized carbons (Fsp3) is 0.429. The van der Waals surface area contributed by atoms with Crippen molar-refractivity contribution in [1.82, 2.24) is 9.88 Å². The number of fused-ring (bicyclic) bond motifs is 1. The van der Waals surface area contributed by atoms with Gasteiger partial charge in [-0.3, -0.25) is 4.79 Å². The number of rotatable bonds is 3. The number of amides is 1. The number of carbonyl (C=O) groups is 1. The third kappa shape index (κ3) is 3.21. The number of hydrogen-bond donors (Lipinski definition) is 0. The van der Waals surface area contributed by atoms with Crippen LogP contribution in [0.3, 0.4) is 0 Å². The Balaban J connectivity index is 1.71. The zero-order chi connectivity index (χ0) is 15.9. The van der Waals surface area contributed by atoms with E-state index >= 15 is 0 Å². The van der Waals surface area contributed by atoms with Crippen LogP contribution in [0.1, 0.15) is 12.0 Å². The predicted molar refractivity (Wildman–Crippen MR) is 75.6 cm³/mol. The maximum absolute atomic E-state index is 12.4. The molecule has 0 radical (unpaired) electrons. The van der Waals surface area contributed by atoms with Crippen LogP contribution in [0, 0.1) is 6.92 Å². The van der Waals surface area contributed by atoms with E-state index in [1.165, 1.54) is 0 Å². The van der Waals surface area contributed by atoms with Gasteiger partial charge in [-0.2, -0.15) is 13.2 Å². The van der Waals surface area contributed by atoms with Crippen molar-refractivity contribution in [3.8, 4) is 0 Å². The zero-order valence-corrected chi connectivity index (χ0v) is 12.5. The van der Waals surface area contributed by atoms with Crippen molar-refractivity contribution < 1.29 is 22.4 Å². The minimum atomic E-state index is -4.37. The van der Waals surface area contributed by atoms with E-state index in [1.54, 1.807) is 6.07 Å². The van der Waals surface area contributed by atoms with Crippen LogP contribution >= 0.6 is 11.8 Å². The number of alkyl halides is 3. The van der Waals surface area contributed by atoms with Gasteiger partial charge in [-0.15, -0.1) is 0 Å². The second kappa shape index (κ2) is 5.49. The zero-order valence-electron chi connectivity index (χ0n) is 11.7. The summed E-state index contributed by atoms with van der Waals surface area (Å²) in [4.78, 5) is 17.1. The van der Waals surface area contributed by atoms with Crippen LogP contribution in [0.4, 0.5) is 13.2 Å². The third-order valence-corrected chi connectivity index (χ3v) is 4.48. The van der Waals surface area contributed by atoms with Gasteiger partial charge in [0.2, 0.25) is 5.91 Å². The minimum absolute atomic E-state index is 0.106. The molecule has 1 aliphatic heterocycles. The summed E-state index contributed by atoms with van der Waals surface area (Å²) in [6, 6.07) is 5.53. The summed E-state index contributed by atoms with van der Waals surface area (Å²) in [6.45, 7) is 0.835. The second-order valence-corrected chi connectivity index (χ2v) is 6.38. The summed E-state index contributed by atoms with van der Waals surface area (Å²) in [7, 11) is 0. The molecule has 0 aliphatic carbocycles. The highest BCUT2D eigenvalue weighted by Gasteiger charge is 2.40. The van der Waals surface area contributed by atoms with E-state index in [0.29, 0.717) is 22.7 Å². The molecular weight excluding hydrogens is 317 g/mol. The van der Waals surface area contributed by atoms with Gasteiger partial charge in [0.15, 0.2) is 5.58 Å². The number of thioether (sulfide) groups is 1. The van der Waals surface area contributed by atoms with Gasteiger partial charge in [0.1, 0.15) is 12.1 Å². The molecule has 0 N–H and O–H groups in total. The maximum atomic E-state index is 12.4. The van der Waals surface area contributed by atoms with Gasteiger partial charge in [0.25, 0.3) is 5.22 Å². The summed E-state index contributed by atoms with van der Waals surface area (Å²) in [6.07, 6.45) is -4.01. The van der Waals surface area contributed by atoms with Gasteiger partial charge in [0.05, 0.1) is 5.25 Å². The van der Waals surface area contributed by atoms with E-state index in [9.17, 15) is 18.0 Å². The Morgan fingerprint density at radius 2 is 2.23 bits per heavy atom. The number of aromatic nitrogens is 1. The smallest absolute Gasteiger partial charge is 0.406 e. The molecule has 2 aromatic rings. The highest BCUT2D eigenvalue weighted by Crippen LogP contribution is 2.33. The van der Waals surface area contributed by atoms with Crippen LogP contribution in [0.15, 0.2) is 27.8 Å². The Hall–Kier alpha value is -1.70. The number of aryl methyl sites for hydroxylation is 1. The van der Waals surface area contributed by atoms with E-state index in [-0.39, 0.29) is 6.54 Å². The fourth-order valence-corrected chi connectivity index (χ4v) is 3.39. The molecule has 0 saturated carbocycles. The van der Waals surface area contributed by atoms with Crippen LogP contribution in [0.5, 0.6) is 0 Å². The van der Waals surface area contributed by atoms with Crippen molar-refractivity contribution >= 4 is 28.8 Å². The monoisotopic (exact) mass is 330 g/mol. The summed E-state index contributed by atoms with van der Waals surface area (Å²) in [5, 5.41) is -0.260. The third-order valence-electron chi connectivity index (χ3n) is 3.38. The Kier molecular flexibility index (Phi) is 3.80. The molecule has 3 rings (SSSR count). The highest BCUT2D eigenvalue weighted by atomic mass is 32.2. The van der Waals surface area contributed by atoms with E-state index in [2.05, 4.69) is 4.98 Å². The van der Waals surface area contributed by atoms with Crippen molar-refractivity contribution in [3.05, 3.63) is 23.8 Å². The van der Waals surface area contributed by atoms with Crippen LogP contribution < -0.4 is 0 Å². The summed E-state index contributed by atoms with van der Waals surface area (Å²) in [5.74, 6) is -0.513. The molecule has 1 fully saturated rings. The molecule has 2 heterocycles. The number of likely N-dealkylation sites (tertiary alicyclic amines) is 1. The molecule has 1 aromatic heterocycles. The molecule has 1 atom stereocenters. The first-order valence-corrected chi connectivity index (χ1v) is 7.59. The van der Waals surface area contributed by atoms with Crippen LogP contribution in [-0.2, 0) is 4.79 Å². The molecule has 118 valence electrons. The first-order chi connectivity index (χ1) is 10.3. The first kappa shape index (κ1) is 15.2. The quantitative estimate of drug-likeness (QED) is 0.865. The molecule has 4 nitrogen and oxygen atoms in total. The summed E-state index contributed by atoms with van der Waals surface area (Å²) >= 11 is 1.08. The van der Waals surface area contributed by atoms with Crippen molar-refractivity contribution in [2.75, 3.05) is 13.1 Å². The lowest BCUT2D eigenvalue weighted by Crippen LogP contribution is -2.36. The highest BCUT2D eigenvalue weighted by molar-refractivity contribution is 8.00. The van der Waals surface area contributed by atoms with Gasteiger partial charge in [-0.25, -0.2) is 4.98 Å². The van der Waals surface area contributed by atoms with E-state index in [1.807, 2.05) is 19.1 Å². The molecule has 0 unspecified atom stereocenters. The molecule has 1 amide bonds. The van der Waals surface area contributed by atoms with E-state index in [0.717, 1.165) is 22.2 Å². The van der Waals surface area contributed by atoms with E-state index < -0.39 is 23.9 Å². The lowest BCUT2D eigenvalue weighted by molar-refractivity contribution is -0.157. The molecule has 0 spiro atoms. The van der Waals surface area contributed by atoms with Gasteiger partial charge < -0.3 is 9.32 Å². The molecule has 0 bridgehead atoms. The van der Waals surface area contributed by atoms with Gasteiger partial charge in [-0.1, -0.05) is 17.8 Å². The normalized spacial score (nSPS) is 19.4. The Morgan fingerprint density at radius 1 is 1.45 bits per heavy atom. The average molecular weight is 330 g/mol. The van der Waals surface area contributed by atoms with Crippen molar-refractivity contribution in [1.29, 1.82) is 0 Å². The number of nitrogens with zero attached hydrogens (tertiary/aromatic N) is 2. The van der Waals surface area contributed by atoms with Crippen LogP contribution in [0.2, 0.25) is 0 Å². The first-order valence-electron chi connectivity index (χ1n) is 6.71. The number of halogens is 3. The average Bonchev–Trinajstić information content (AvgIpc) is 2.94. The number of benzene rings is 1. The number of oxazole rings is 1. The topological polar surface area (TPSA) is 46.3 Å². The lowest BCUT2D eigenvalue weighted by Gasteiger charge is -2.17. The summed E-state index contributed by atoms with van der Waals surface area (Å²) < 4.78 is 42.7. The van der Waals surface area contributed by atoms with Gasteiger partial charge in [0, 0.05) is 6.54 Å². The van der Waals surface area contributed by atoms with Crippen LogP contribution in [0.25, 0.3) is 11.1 Å². The fourth-order valence-electron chi connectivity index (χ4n) is 2.38. The SMILES string of the molecule is Cc1ccc2oc(S[C@H]3CCN(CC(F)(F)F)C3=O)nc2c1. The standard InChI is InChI=1S/C14H13F3N2O2S/c1-8-2-3-10-9(6-8)18-13(21-10)22-11-4-5-19(12(11)20)7-14(15,16)17/h2-3,6,11H,4-5,7H2,1H3/t11-/m0/s1. The van der Waals surface area contributed by atoms with Crippen molar-refractivity contribution in [2.45, 2.75) is 30.0 Å². The molecule has 1 aliphatic rings. The predicted octanol–water partition coefficient (Wildman–Crippen LogP) is 3.39. The lowest BCUT2D eigenvalue weighted by atomic mass is 10.2. The molecule has 1 saturated heterocycles. The van der Waals surface area contributed by atoms with Crippen molar-refractivity contribution in [2.24, 2.45) is 0 Å².